The van der Waals surface area contributed by atoms with E-state index in [0.717, 1.165) is 32.5 Å². The van der Waals surface area contributed by atoms with E-state index in [-0.39, 0.29) is 18.6 Å². The number of amides is 1. The summed E-state index contributed by atoms with van der Waals surface area (Å²) in [5, 5.41) is 6.35. The first kappa shape index (κ1) is 14.8. The largest absolute Gasteiger partial charge is 0.368 e. The lowest BCUT2D eigenvalue weighted by molar-refractivity contribution is -0.128. The summed E-state index contributed by atoms with van der Waals surface area (Å²) in [5.74, 6) is 0.0466. The van der Waals surface area contributed by atoms with Crippen LogP contribution in [0.1, 0.15) is 51.9 Å². The Morgan fingerprint density at radius 3 is 2.63 bits per heavy atom. The number of hydrogen-bond donors (Lipinski definition) is 2. The van der Waals surface area contributed by atoms with Crippen LogP contribution >= 0.6 is 0 Å². The lowest BCUT2D eigenvalue weighted by Gasteiger charge is -2.33. The summed E-state index contributed by atoms with van der Waals surface area (Å²) in [6.45, 7) is 5.33. The minimum absolute atomic E-state index is 0.0466. The van der Waals surface area contributed by atoms with Crippen molar-refractivity contribution >= 4 is 5.91 Å². The summed E-state index contributed by atoms with van der Waals surface area (Å²) in [7, 11) is 0. The highest BCUT2D eigenvalue weighted by atomic mass is 16.5. The average molecular weight is 268 g/mol. The van der Waals surface area contributed by atoms with Crippen molar-refractivity contribution in [1.29, 1.82) is 0 Å². The molecule has 19 heavy (non-hydrogen) atoms. The number of carbonyl (C=O) groups excluding carboxylic acids is 1. The van der Waals surface area contributed by atoms with Gasteiger partial charge in [-0.2, -0.15) is 0 Å². The Hall–Kier alpha value is -0.610. The molecular weight excluding hydrogens is 240 g/mol. The van der Waals surface area contributed by atoms with E-state index >= 15 is 0 Å². The summed E-state index contributed by atoms with van der Waals surface area (Å²) < 4.78 is 5.67. The first-order valence-corrected chi connectivity index (χ1v) is 7.77. The van der Waals surface area contributed by atoms with Crippen LogP contribution in [0.4, 0.5) is 0 Å². The topological polar surface area (TPSA) is 50.4 Å². The van der Waals surface area contributed by atoms with E-state index < -0.39 is 0 Å². The minimum atomic E-state index is 0.0466. The van der Waals surface area contributed by atoms with Gasteiger partial charge in [-0.05, 0) is 44.2 Å². The predicted molar refractivity (Wildman–Crippen MR) is 76.0 cm³/mol. The van der Waals surface area contributed by atoms with E-state index in [2.05, 4.69) is 17.6 Å². The number of carbonyl (C=O) groups is 1. The van der Waals surface area contributed by atoms with Crippen LogP contribution in [0.15, 0.2) is 0 Å². The van der Waals surface area contributed by atoms with Crippen LogP contribution in [0.5, 0.6) is 0 Å². The van der Waals surface area contributed by atoms with E-state index in [1.807, 2.05) is 0 Å². The third-order valence-corrected chi connectivity index (χ3v) is 4.51. The van der Waals surface area contributed by atoms with Gasteiger partial charge in [-0.3, -0.25) is 4.79 Å². The Bertz CT molecular complexity index is 282. The molecule has 4 nitrogen and oxygen atoms in total. The number of piperidine rings is 1. The van der Waals surface area contributed by atoms with Crippen LogP contribution in [-0.2, 0) is 9.53 Å². The van der Waals surface area contributed by atoms with Crippen LogP contribution in [0, 0.1) is 5.41 Å². The van der Waals surface area contributed by atoms with Crippen molar-refractivity contribution in [3.8, 4) is 0 Å². The van der Waals surface area contributed by atoms with E-state index in [0.29, 0.717) is 5.41 Å². The number of ether oxygens (including phenoxy) is 1. The summed E-state index contributed by atoms with van der Waals surface area (Å²) >= 11 is 0. The Labute approximate surface area is 116 Å². The van der Waals surface area contributed by atoms with E-state index in [1.165, 1.54) is 32.1 Å². The van der Waals surface area contributed by atoms with Gasteiger partial charge in [-0.1, -0.05) is 26.2 Å². The molecule has 1 heterocycles. The van der Waals surface area contributed by atoms with Crippen molar-refractivity contribution in [2.24, 2.45) is 5.41 Å². The van der Waals surface area contributed by atoms with Gasteiger partial charge in [0.15, 0.2) is 0 Å². The summed E-state index contributed by atoms with van der Waals surface area (Å²) in [6.07, 6.45) is 8.73. The fraction of sp³-hybridized carbons (Fsp3) is 0.933. The van der Waals surface area contributed by atoms with Crippen molar-refractivity contribution in [2.45, 2.75) is 58.0 Å². The van der Waals surface area contributed by atoms with Crippen molar-refractivity contribution < 1.29 is 9.53 Å². The second-order valence-electron chi connectivity index (χ2n) is 6.41. The molecule has 1 saturated heterocycles. The molecule has 1 amide bonds. The Kier molecular flexibility index (Phi) is 5.64. The van der Waals surface area contributed by atoms with Crippen LogP contribution in [0.2, 0.25) is 0 Å². The molecule has 1 aliphatic heterocycles. The molecule has 110 valence electrons. The second-order valence-corrected chi connectivity index (χ2v) is 6.41. The van der Waals surface area contributed by atoms with Gasteiger partial charge in [0.05, 0.1) is 6.10 Å². The summed E-state index contributed by atoms with van der Waals surface area (Å²) in [6, 6.07) is 0. The van der Waals surface area contributed by atoms with Crippen LogP contribution in [0.3, 0.4) is 0 Å². The van der Waals surface area contributed by atoms with Gasteiger partial charge in [0.2, 0.25) is 5.91 Å². The van der Waals surface area contributed by atoms with Crippen molar-refractivity contribution in [3.63, 3.8) is 0 Å². The third kappa shape index (κ3) is 5.11. The smallest absolute Gasteiger partial charge is 0.246 e. The minimum Gasteiger partial charge on any atom is -0.368 e. The SMILES string of the molecule is CC1(CNC(=O)COC2CCNCC2)CCCCC1. The zero-order valence-electron chi connectivity index (χ0n) is 12.2. The lowest BCUT2D eigenvalue weighted by atomic mass is 9.76. The highest BCUT2D eigenvalue weighted by Gasteiger charge is 2.27. The van der Waals surface area contributed by atoms with Crippen LogP contribution < -0.4 is 10.6 Å². The maximum Gasteiger partial charge on any atom is 0.246 e. The summed E-state index contributed by atoms with van der Waals surface area (Å²) in [5.41, 5.74) is 0.308. The predicted octanol–water partition coefficient (Wildman–Crippen LogP) is 1.84. The highest BCUT2D eigenvalue weighted by Crippen LogP contribution is 2.34. The average Bonchev–Trinajstić information content (AvgIpc) is 2.45. The molecule has 2 rings (SSSR count). The Morgan fingerprint density at radius 1 is 1.26 bits per heavy atom. The molecule has 0 bridgehead atoms. The highest BCUT2D eigenvalue weighted by molar-refractivity contribution is 5.77. The number of hydrogen-bond acceptors (Lipinski definition) is 3. The van der Waals surface area contributed by atoms with Gasteiger partial charge in [0, 0.05) is 6.54 Å². The van der Waals surface area contributed by atoms with Crippen molar-refractivity contribution in [3.05, 3.63) is 0 Å². The molecule has 0 spiro atoms. The molecule has 0 aromatic heterocycles. The Morgan fingerprint density at radius 2 is 1.95 bits per heavy atom. The van der Waals surface area contributed by atoms with Crippen LogP contribution in [-0.4, -0.2) is 38.3 Å². The zero-order valence-corrected chi connectivity index (χ0v) is 12.2. The van der Waals surface area contributed by atoms with Gasteiger partial charge < -0.3 is 15.4 Å². The number of nitrogens with one attached hydrogen (secondary N) is 2. The quantitative estimate of drug-likeness (QED) is 0.800. The molecule has 0 aromatic rings. The molecular formula is C15H28N2O2. The monoisotopic (exact) mass is 268 g/mol. The first-order valence-electron chi connectivity index (χ1n) is 7.77. The van der Waals surface area contributed by atoms with Gasteiger partial charge in [0.25, 0.3) is 0 Å². The first-order chi connectivity index (χ1) is 9.18. The molecule has 2 aliphatic rings. The van der Waals surface area contributed by atoms with Gasteiger partial charge in [0.1, 0.15) is 6.61 Å². The summed E-state index contributed by atoms with van der Waals surface area (Å²) in [4.78, 5) is 11.8. The van der Waals surface area contributed by atoms with Crippen molar-refractivity contribution in [1.82, 2.24) is 10.6 Å². The van der Waals surface area contributed by atoms with E-state index in [9.17, 15) is 4.79 Å². The fourth-order valence-corrected chi connectivity index (χ4v) is 3.10. The Balaban J connectivity index is 1.61. The lowest BCUT2D eigenvalue weighted by Crippen LogP contribution is -2.40. The van der Waals surface area contributed by atoms with E-state index in [1.54, 1.807) is 0 Å². The molecule has 0 radical (unpaired) electrons. The molecule has 0 atom stereocenters. The maximum absolute atomic E-state index is 11.8. The normalized spacial score (nSPS) is 24.1. The van der Waals surface area contributed by atoms with E-state index in [4.69, 9.17) is 4.74 Å². The standard InChI is InChI=1S/C15H28N2O2/c1-15(7-3-2-4-8-15)12-17-14(18)11-19-13-5-9-16-10-6-13/h13,16H,2-12H2,1H3,(H,17,18). The van der Waals surface area contributed by atoms with Gasteiger partial charge >= 0.3 is 0 Å². The maximum atomic E-state index is 11.8. The fourth-order valence-electron chi connectivity index (χ4n) is 3.10. The van der Waals surface area contributed by atoms with Crippen molar-refractivity contribution in [2.75, 3.05) is 26.2 Å². The van der Waals surface area contributed by atoms with Gasteiger partial charge in [-0.25, -0.2) is 0 Å². The van der Waals surface area contributed by atoms with Crippen LogP contribution in [0.25, 0.3) is 0 Å². The third-order valence-electron chi connectivity index (χ3n) is 4.51. The molecule has 1 aliphatic carbocycles. The molecule has 1 saturated carbocycles. The molecule has 0 aromatic carbocycles. The van der Waals surface area contributed by atoms with Gasteiger partial charge in [-0.15, -0.1) is 0 Å². The molecule has 4 heteroatoms. The molecule has 2 N–H and O–H groups in total. The zero-order chi connectivity index (χ0) is 13.6. The second kappa shape index (κ2) is 7.25. The molecule has 0 unspecified atom stereocenters. The number of rotatable bonds is 5. The molecule has 2 fully saturated rings.